The van der Waals surface area contributed by atoms with Crippen molar-refractivity contribution in [2.75, 3.05) is 6.54 Å². The smallest absolute Gasteiger partial charge is 0.451 e. The number of carboxylic acids is 1. The highest BCUT2D eigenvalue weighted by Gasteiger charge is 2.82. The molecule has 0 aromatic carbocycles. The van der Waals surface area contributed by atoms with Crippen molar-refractivity contribution in [1.29, 1.82) is 0 Å². The molecule has 0 aromatic heterocycles. The van der Waals surface area contributed by atoms with Crippen molar-refractivity contribution in [3.05, 3.63) is 0 Å². The second-order valence-electron chi connectivity index (χ2n) is 5.76. The van der Waals surface area contributed by atoms with Gasteiger partial charge in [0.05, 0.1) is 0 Å². The van der Waals surface area contributed by atoms with E-state index in [1.54, 1.807) is 0 Å². The summed E-state index contributed by atoms with van der Waals surface area (Å²) in [7, 11) is -1.27. The van der Waals surface area contributed by atoms with Gasteiger partial charge in [0.1, 0.15) is 5.54 Å². The summed E-state index contributed by atoms with van der Waals surface area (Å²) in [5.41, 5.74) is -0.809. The summed E-state index contributed by atoms with van der Waals surface area (Å²) in [4.78, 5) is 11.6. The number of nitrogens with one attached hydrogen (secondary N) is 1. The monoisotopic (exact) mass is 239 g/mol. The first kappa shape index (κ1) is 11.5. The zero-order chi connectivity index (χ0) is 12.3. The summed E-state index contributed by atoms with van der Waals surface area (Å²) in [5.74, 6) is 0.336. The van der Waals surface area contributed by atoms with Gasteiger partial charge in [0.15, 0.2) is 0 Å². The van der Waals surface area contributed by atoms with Crippen LogP contribution in [0.5, 0.6) is 0 Å². The molecule has 3 fully saturated rings. The molecule has 1 saturated heterocycles. The molecule has 94 valence electrons. The first-order chi connectivity index (χ1) is 8.04. The number of carboxylic acid groups (broad SMARTS) is 1. The molecule has 2 saturated carbocycles. The highest BCUT2D eigenvalue weighted by Crippen LogP contribution is 2.77. The SMILES string of the molecule is O=C(O)[C@]12CC[C@H]3C(CN1)C32CCCB(O)O. The summed E-state index contributed by atoms with van der Waals surface area (Å²) < 4.78 is 0. The second-order valence-corrected chi connectivity index (χ2v) is 5.76. The Kier molecular flexibility index (Phi) is 2.34. The lowest BCUT2D eigenvalue weighted by Gasteiger charge is -2.31. The molecule has 0 aromatic rings. The molecule has 3 aliphatic rings. The molecule has 6 heteroatoms. The van der Waals surface area contributed by atoms with E-state index < -0.39 is 18.6 Å². The molecule has 5 nitrogen and oxygen atoms in total. The minimum Gasteiger partial charge on any atom is -0.480 e. The molecular formula is C11H18BNO4. The molecule has 4 N–H and O–H groups in total. The van der Waals surface area contributed by atoms with Crippen molar-refractivity contribution in [1.82, 2.24) is 5.32 Å². The highest BCUT2D eigenvalue weighted by atomic mass is 16.4. The number of hydrogen-bond acceptors (Lipinski definition) is 4. The summed E-state index contributed by atoms with van der Waals surface area (Å²) >= 11 is 0. The average Bonchev–Trinajstić information content (AvgIpc) is 2.67. The van der Waals surface area contributed by atoms with Gasteiger partial charge in [-0.15, -0.1) is 0 Å². The Morgan fingerprint density at radius 2 is 2.18 bits per heavy atom. The number of piperidine rings is 1. The highest BCUT2D eigenvalue weighted by molar-refractivity contribution is 6.40. The van der Waals surface area contributed by atoms with Crippen LogP contribution in [0.1, 0.15) is 25.7 Å². The predicted octanol–water partition coefficient (Wildman–Crippen LogP) is -0.308. The Balaban J connectivity index is 1.76. The van der Waals surface area contributed by atoms with E-state index in [2.05, 4.69) is 5.32 Å². The lowest BCUT2D eigenvalue weighted by molar-refractivity contribution is -0.147. The fourth-order valence-electron chi connectivity index (χ4n) is 4.71. The van der Waals surface area contributed by atoms with Crippen LogP contribution in [0.3, 0.4) is 0 Å². The molecule has 17 heavy (non-hydrogen) atoms. The summed E-state index contributed by atoms with van der Waals surface area (Å²) in [6, 6.07) is 0. The third-order valence-corrected chi connectivity index (χ3v) is 5.37. The van der Waals surface area contributed by atoms with E-state index in [-0.39, 0.29) is 5.41 Å². The Hall–Kier alpha value is -0.585. The van der Waals surface area contributed by atoms with Gasteiger partial charge in [0.25, 0.3) is 0 Å². The fourth-order valence-corrected chi connectivity index (χ4v) is 4.71. The lowest BCUT2D eigenvalue weighted by Crippen LogP contribution is -2.53. The maximum absolute atomic E-state index is 11.6. The third-order valence-electron chi connectivity index (χ3n) is 5.37. The molecule has 0 bridgehead atoms. The quantitative estimate of drug-likeness (QED) is 0.494. The van der Waals surface area contributed by atoms with Crippen molar-refractivity contribution in [3.8, 4) is 0 Å². The van der Waals surface area contributed by atoms with Gasteiger partial charge in [-0.05, 0) is 44.0 Å². The summed E-state index contributed by atoms with van der Waals surface area (Å²) in [6.45, 7) is 0.818. The maximum Gasteiger partial charge on any atom is 0.451 e. The van der Waals surface area contributed by atoms with Gasteiger partial charge < -0.3 is 20.5 Å². The number of hydrogen-bond donors (Lipinski definition) is 4. The molecular weight excluding hydrogens is 221 g/mol. The Bertz CT molecular complexity index is 345. The second kappa shape index (κ2) is 3.46. The predicted molar refractivity (Wildman–Crippen MR) is 61.2 cm³/mol. The van der Waals surface area contributed by atoms with E-state index in [9.17, 15) is 9.90 Å². The van der Waals surface area contributed by atoms with E-state index in [4.69, 9.17) is 10.0 Å². The van der Waals surface area contributed by atoms with Crippen molar-refractivity contribution < 1.29 is 19.9 Å². The Morgan fingerprint density at radius 1 is 1.41 bits per heavy atom. The van der Waals surface area contributed by atoms with Gasteiger partial charge in [-0.1, -0.05) is 6.42 Å². The lowest BCUT2D eigenvalue weighted by atomic mass is 9.75. The van der Waals surface area contributed by atoms with E-state index in [1.165, 1.54) is 0 Å². The zero-order valence-electron chi connectivity index (χ0n) is 9.72. The van der Waals surface area contributed by atoms with Crippen molar-refractivity contribution >= 4 is 13.1 Å². The van der Waals surface area contributed by atoms with Crippen LogP contribution in [0.2, 0.25) is 6.32 Å². The Labute approximate surface area is 100 Å². The number of rotatable bonds is 5. The largest absolute Gasteiger partial charge is 0.480 e. The molecule has 0 spiro atoms. The van der Waals surface area contributed by atoms with E-state index in [1.807, 2.05) is 0 Å². The van der Waals surface area contributed by atoms with Crippen LogP contribution in [0.15, 0.2) is 0 Å². The summed E-state index contributed by atoms with van der Waals surface area (Å²) in [5, 5.41) is 30.5. The van der Waals surface area contributed by atoms with Crippen LogP contribution in [-0.2, 0) is 4.79 Å². The van der Waals surface area contributed by atoms with Gasteiger partial charge in [0.2, 0.25) is 0 Å². The number of fused-ring (bicyclic) bond motifs is 1. The topological polar surface area (TPSA) is 89.8 Å². The van der Waals surface area contributed by atoms with Crippen molar-refractivity contribution in [3.63, 3.8) is 0 Å². The minimum atomic E-state index is -1.27. The maximum atomic E-state index is 11.6. The molecule has 3 rings (SSSR count). The fraction of sp³-hybridized carbons (Fsp3) is 0.909. The normalized spacial score (nSPS) is 45.8. The van der Waals surface area contributed by atoms with Crippen LogP contribution in [0.25, 0.3) is 0 Å². The van der Waals surface area contributed by atoms with Crippen LogP contribution >= 0.6 is 0 Å². The van der Waals surface area contributed by atoms with Crippen molar-refractivity contribution in [2.24, 2.45) is 17.3 Å². The molecule has 0 amide bonds. The number of aliphatic carboxylic acids is 1. The minimum absolute atomic E-state index is 0.0896. The molecule has 1 aliphatic heterocycles. The van der Waals surface area contributed by atoms with Crippen LogP contribution in [0, 0.1) is 17.3 Å². The van der Waals surface area contributed by atoms with E-state index >= 15 is 0 Å². The summed E-state index contributed by atoms with van der Waals surface area (Å²) in [6.07, 6.45) is 3.58. The van der Waals surface area contributed by atoms with Crippen LogP contribution in [0.4, 0.5) is 0 Å². The van der Waals surface area contributed by atoms with Gasteiger partial charge in [0, 0.05) is 5.41 Å². The van der Waals surface area contributed by atoms with Gasteiger partial charge >= 0.3 is 13.1 Å². The van der Waals surface area contributed by atoms with E-state index in [0.29, 0.717) is 24.6 Å². The molecule has 4 atom stereocenters. The standard InChI is InChI=1S/C11H18BNO4/c14-9(15)11-4-2-7-8(6-13-11)10(7,11)3-1-5-12(16)17/h7-8,13,16-17H,1-6H2,(H,14,15)/t7-,8?,10?,11-/m0/s1. The average molecular weight is 239 g/mol. The van der Waals surface area contributed by atoms with Gasteiger partial charge in [-0.25, -0.2) is 0 Å². The molecule has 2 unspecified atom stereocenters. The van der Waals surface area contributed by atoms with Crippen molar-refractivity contribution in [2.45, 2.75) is 37.5 Å². The zero-order valence-corrected chi connectivity index (χ0v) is 9.72. The first-order valence-corrected chi connectivity index (χ1v) is 6.39. The molecule has 1 heterocycles. The van der Waals surface area contributed by atoms with E-state index in [0.717, 1.165) is 25.8 Å². The first-order valence-electron chi connectivity index (χ1n) is 6.39. The van der Waals surface area contributed by atoms with Crippen LogP contribution < -0.4 is 5.32 Å². The van der Waals surface area contributed by atoms with Gasteiger partial charge in [-0.3, -0.25) is 4.79 Å². The Morgan fingerprint density at radius 3 is 2.76 bits per heavy atom. The van der Waals surface area contributed by atoms with Gasteiger partial charge in [-0.2, -0.15) is 0 Å². The molecule has 2 aliphatic carbocycles. The van der Waals surface area contributed by atoms with Crippen LogP contribution in [-0.4, -0.2) is 40.3 Å². The third kappa shape index (κ3) is 1.23. The molecule has 0 radical (unpaired) electrons. The number of carbonyl (C=O) groups is 1.